The lowest BCUT2D eigenvalue weighted by molar-refractivity contribution is 0.213. The summed E-state index contributed by atoms with van der Waals surface area (Å²) in [5, 5.41) is 3.90. The van der Waals surface area contributed by atoms with Gasteiger partial charge in [-0.1, -0.05) is 53.9 Å². The van der Waals surface area contributed by atoms with Gasteiger partial charge in [-0.3, -0.25) is 0 Å². The molecule has 1 nitrogen and oxygen atoms in total. The van der Waals surface area contributed by atoms with Crippen LogP contribution >= 0.6 is 0 Å². The molecule has 0 spiro atoms. The van der Waals surface area contributed by atoms with Crippen LogP contribution in [0.3, 0.4) is 0 Å². The predicted octanol–water partition coefficient (Wildman–Crippen LogP) is 5.79. The van der Waals surface area contributed by atoms with Gasteiger partial charge in [-0.25, -0.2) is 0 Å². The summed E-state index contributed by atoms with van der Waals surface area (Å²) in [6.07, 6.45) is 11.1. The molecule has 0 aromatic heterocycles. The molecule has 1 aliphatic rings. The number of nitrogens with one attached hydrogen (secondary N) is 1. The maximum Gasteiger partial charge on any atom is 0.00696 e. The second kappa shape index (κ2) is 8.41. The van der Waals surface area contributed by atoms with Crippen molar-refractivity contribution < 1.29 is 0 Å². The van der Waals surface area contributed by atoms with Gasteiger partial charge < -0.3 is 5.32 Å². The van der Waals surface area contributed by atoms with E-state index in [1.807, 2.05) is 0 Å². The van der Waals surface area contributed by atoms with E-state index in [1.54, 1.807) is 0 Å². The van der Waals surface area contributed by atoms with Crippen LogP contribution in [0.4, 0.5) is 0 Å². The maximum atomic E-state index is 3.90. The van der Waals surface area contributed by atoms with Crippen molar-refractivity contribution in [1.29, 1.82) is 0 Å². The van der Waals surface area contributed by atoms with Crippen LogP contribution in [-0.2, 0) is 0 Å². The Morgan fingerprint density at radius 2 is 1.65 bits per heavy atom. The Bertz CT molecular complexity index is 251. The molecule has 0 heterocycles. The highest BCUT2D eigenvalue weighted by Gasteiger charge is 2.27. The SMILES string of the molecule is CC(C)CCCC(C)NC1CCCC(C(C)(C)C)CC1. The molecule has 3 unspecified atom stereocenters. The highest BCUT2D eigenvalue weighted by Crippen LogP contribution is 2.36. The standard InChI is InChI=1S/C19H39N/c1-15(2)9-7-10-16(3)20-18-12-8-11-17(13-14-18)19(4,5)6/h15-18,20H,7-14H2,1-6H3. The first-order valence-electron chi connectivity index (χ1n) is 9.05. The molecule has 3 atom stereocenters. The highest BCUT2D eigenvalue weighted by atomic mass is 14.9. The highest BCUT2D eigenvalue weighted by molar-refractivity contribution is 4.82. The molecule has 0 bridgehead atoms. The quantitative estimate of drug-likeness (QED) is 0.608. The van der Waals surface area contributed by atoms with E-state index in [9.17, 15) is 0 Å². The van der Waals surface area contributed by atoms with Crippen molar-refractivity contribution in [3.63, 3.8) is 0 Å². The van der Waals surface area contributed by atoms with Crippen molar-refractivity contribution in [2.45, 2.75) is 105 Å². The van der Waals surface area contributed by atoms with E-state index in [2.05, 4.69) is 46.9 Å². The van der Waals surface area contributed by atoms with Crippen LogP contribution in [0, 0.1) is 17.3 Å². The molecule has 1 fully saturated rings. The molecular weight excluding hydrogens is 242 g/mol. The second-order valence-corrected chi connectivity index (χ2v) is 8.66. The van der Waals surface area contributed by atoms with Crippen molar-refractivity contribution >= 4 is 0 Å². The molecule has 1 N–H and O–H groups in total. The molecule has 1 rings (SSSR count). The van der Waals surface area contributed by atoms with E-state index < -0.39 is 0 Å². The smallest absolute Gasteiger partial charge is 0.00696 e. The minimum Gasteiger partial charge on any atom is -0.312 e. The summed E-state index contributed by atoms with van der Waals surface area (Å²) >= 11 is 0. The van der Waals surface area contributed by atoms with Crippen molar-refractivity contribution in [1.82, 2.24) is 5.32 Å². The van der Waals surface area contributed by atoms with Crippen LogP contribution < -0.4 is 5.32 Å². The second-order valence-electron chi connectivity index (χ2n) is 8.66. The summed E-state index contributed by atoms with van der Waals surface area (Å²) in [6, 6.07) is 1.47. The zero-order valence-corrected chi connectivity index (χ0v) is 15.0. The molecule has 1 aliphatic carbocycles. The molecule has 0 saturated heterocycles. The summed E-state index contributed by atoms with van der Waals surface area (Å²) in [7, 11) is 0. The van der Waals surface area contributed by atoms with Gasteiger partial charge in [-0.2, -0.15) is 0 Å². The fraction of sp³-hybridized carbons (Fsp3) is 1.00. The first-order valence-corrected chi connectivity index (χ1v) is 9.05. The minimum absolute atomic E-state index is 0.498. The molecule has 1 saturated carbocycles. The van der Waals surface area contributed by atoms with Gasteiger partial charge in [0.2, 0.25) is 0 Å². The molecule has 0 aliphatic heterocycles. The Labute approximate surface area is 128 Å². The van der Waals surface area contributed by atoms with Gasteiger partial charge in [0.15, 0.2) is 0 Å². The van der Waals surface area contributed by atoms with Crippen LogP contribution in [0.2, 0.25) is 0 Å². The lowest BCUT2D eigenvalue weighted by atomic mass is 9.76. The van der Waals surface area contributed by atoms with Crippen molar-refractivity contribution in [2.24, 2.45) is 17.3 Å². The number of hydrogen-bond acceptors (Lipinski definition) is 1. The lowest BCUT2D eigenvalue weighted by Gasteiger charge is -2.30. The Balaban J connectivity index is 2.27. The van der Waals surface area contributed by atoms with E-state index in [0.717, 1.165) is 17.9 Å². The van der Waals surface area contributed by atoms with E-state index in [0.29, 0.717) is 11.5 Å². The zero-order valence-electron chi connectivity index (χ0n) is 15.0. The van der Waals surface area contributed by atoms with Gasteiger partial charge in [0.25, 0.3) is 0 Å². The largest absolute Gasteiger partial charge is 0.312 e. The van der Waals surface area contributed by atoms with Crippen molar-refractivity contribution in [3.8, 4) is 0 Å². The third-order valence-corrected chi connectivity index (χ3v) is 5.13. The topological polar surface area (TPSA) is 12.0 Å². The first-order chi connectivity index (χ1) is 9.29. The van der Waals surface area contributed by atoms with E-state index in [1.165, 1.54) is 51.4 Å². The fourth-order valence-corrected chi connectivity index (χ4v) is 3.65. The van der Waals surface area contributed by atoms with Gasteiger partial charge in [0, 0.05) is 12.1 Å². The van der Waals surface area contributed by atoms with E-state index in [-0.39, 0.29) is 0 Å². The summed E-state index contributed by atoms with van der Waals surface area (Å²) in [4.78, 5) is 0. The average molecular weight is 282 g/mol. The van der Waals surface area contributed by atoms with Crippen LogP contribution in [0.5, 0.6) is 0 Å². The lowest BCUT2D eigenvalue weighted by Crippen LogP contribution is -2.36. The monoisotopic (exact) mass is 281 g/mol. The van der Waals surface area contributed by atoms with Gasteiger partial charge in [0.1, 0.15) is 0 Å². The van der Waals surface area contributed by atoms with Gasteiger partial charge in [-0.15, -0.1) is 0 Å². The molecular formula is C19H39N. The zero-order chi connectivity index (χ0) is 15.2. The predicted molar refractivity (Wildman–Crippen MR) is 91.1 cm³/mol. The molecule has 0 aromatic carbocycles. The summed E-state index contributed by atoms with van der Waals surface area (Å²) in [6.45, 7) is 14.3. The molecule has 20 heavy (non-hydrogen) atoms. The molecule has 0 radical (unpaired) electrons. The molecule has 1 heteroatoms. The Morgan fingerprint density at radius 1 is 0.950 bits per heavy atom. The Morgan fingerprint density at radius 3 is 2.25 bits per heavy atom. The van der Waals surface area contributed by atoms with Gasteiger partial charge >= 0.3 is 0 Å². The summed E-state index contributed by atoms with van der Waals surface area (Å²) in [5.41, 5.74) is 0.498. The van der Waals surface area contributed by atoms with Crippen LogP contribution in [-0.4, -0.2) is 12.1 Å². The first kappa shape index (κ1) is 18.0. The Hall–Kier alpha value is -0.0400. The minimum atomic E-state index is 0.498. The molecule has 0 amide bonds. The van der Waals surface area contributed by atoms with Gasteiger partial charge in [0.05, 0.1) is 0 Å². The van der Waals surface area contributed by atoms with Crippen LogP contribution in [0.1, 0.15) is 92.9 Å². The van der Waals surface area contributed by atoms with Crippen LogP contribution in [0.15, 0.2) is 0 Å². The third kappa shape index (κ3) is 7.11. The van der Waals surface area contributed by atoms with Crippen LogP contribution in [0.25, 0.3) is 0 Å². The summed E-state index contributed by atoms with van der Waals surface area (Å²) in [5.74, 6) is 1.78. The molecule has 0 aromatic rings. The third-order valence-electron chi connectivity index (χ3n) is 5.13. The number of rotatable bonds is 6. The average Bonchev–Trinajstić information content (AvgIpc) is 2.53. The normalized spacial score (nSPS) is 26.6. The fourth-order valence-electron chi connectivity index (χ4n) is 3.65. The summed E-state index contributed by atoms with van der Waals surface area (Å²) < 4.78 is 0. The van der Waals surface area contributed by atoms with E-state index in [4.69, 9.17) is 0 Å². The van der Waals surface area contributed by atoms with E-state index >= 15 is 0 Å². The Kier molecular flexibility index (Phi) is 7.58. The molecule has 120 valence electrons. The number of hydrogen-bond donors (Lipinski definition) is 1. The van der Waals surface area contributed by atoms with Crippen molar-refractivity contribution in [3.05, 3.63) is 0 Å². The maximum absolute atomic E-state index is 3.90. The van der Waals surface area contributed by atoms with Gasteiger partial charge in [-0.05, 0) is 56.3 Å². The van der Waals surface area contributed by atoms with Crippen molar-refractivity contribution in [2.75, 3.05) is 0 Å².